The first kappa shape index (κ1) is 13.4. The van der Waals surface area contributed by atoms with Gasteiger partial charge in [0.25, 0.3) is 0 Å². The molecule has 2 aromatic rings. The molecule has 0 aliphatic carbocycles. The summed E-state index contributed by atoms with van der Waals surface area (Å²) in [5.41, 5.74) is 0.910. The molecule has 0 saturated carbocycles. The monoisotopic (exact) mass is 374 g/mol. The number of halogens is 1. The lowest BCUT2D eigenvalue weighted by atomic mass is 10.2. The van der Waals surface area contributed by atoms with Crippen LogP contribution in [0.2, 0.25) is 0 Å². The summed E-state index contributed by atoms with van der Waals surface area (Å²) >= 11 is 3.67. The number of carboxylic acids is 1. The van der Waals surface area contributed by atoms with E-state index in [1.54, 1.807) is 16.9 Å². The second-order valence-corrected chi connectivity index (χ2v) is 6.04. The topological polar surface area (TPSA) is 55.1 Å². The van der Waals surface area contributed by atoms with Gasteiger partial charge in [0.1, 0.15) is 0 Å². The fraction of sp³-hybridized carbons (Fsp3) is 0.167. The van der Waals surface area contributed by atoms with E-state index < -0.39 is 5.97 Å². The average molecular weight is 374 g/mol. The van der Waals surface area contributed by atoms with Crippen molar-refractivity contribution in [3.05, 3.63) is 39.7 Å². The van der Waals surface area contributed by atoms with E-state index in [1.165, 1.54) is 11.8 Å². The molecule has 1 aromatic heterocycles. The Balaban J connectivity index is 2.59. The maximum atomic E-state index is 11.4. The number of carboxylic acid groups (broad SMARTS) is 1. The molecule has 0 aliphatic heterocycles. The molecule has 18 heavy (non-hydrogen) atoms. The van der Waals surface area contributed by atoms with Gasteiger partial charge in [-0.05, 0) is 40.5 Å². The zero-order chi connectivity index (χ0) is 13.1. The lowest BCUT2D eigenvalue weighted by molar-refractivity contribution is 0.0693. The number of hydrogen-bond donors (Lipinski definition) is 1. The molecular weight excluding hydrogens is 363 g/mol. The molecule has 1 heterocycles. The van der Waals surface area contributed by atoms with Crippen LogP contribution in [0.25, 0.3) is 5.69 Å². The molecule has 0 bridgehead atoms. The van der Waals surface area contributed by atoms with Crippen LogP contribution in [0.15, 0.2) is 35.5 Å². The van der Waals surface area contributed by atoms with Crippen LogP contribution in [0.4, 0.5) is 0 Å². The third-order valence-electron chi connectivity index (χ3n) is 2.32. The van der Waals surface area contributed by atoms with Gasteiger partial charge in [-0.1, -0.05) is 13.0 Å². The molecule has 0 saturated heterocycles. The SMILES string of the molecule is CCSc1cccc(-n2cc(I)cn2)c1C(=O)O. The van der Waals surface area contributed by atoms with Crippen molar-refractivity contribution >= 4 is 40.3 Å². The molecule has 94 valence electrons. The third-order valence-corrected chi connectivity index (χ3v) is 3.81. The van der Waals surface area contributed by atoms with Gasteiger partial charge in [-0.3, -0.25) is 0 Å². The predicted molar refractivity (Wildman–Crippen MR) is 79.6 cm³/mol. The van der Waals surface area contributed by atoms with Gasteiger partial charge in [0.15, 0.2) is 0 Å². The van der Waals surface area contributed by atoms with Gasteiger partial charge in [-0.15, -0.1) is 11.8 Å². The quantitative estimate of drug-likeness (QED) is 0.659. The number of rotatable bonds is 4. The van der Waals surface area contributed by atoms with Crippen LogP contribution in [0.5, 0.6) is 0 Å². The first-order valence-corrected chi connectivity index (χ1v) is 7.39. The summed E-state index contributed by atoms with van der Waals surface area (Å²) in [4.78, 5) is 12.2. The number of thioether (sulfide) groups is 1. The number of benzene rings is 1. The Hall–Kier alpha value is -1.02. The van der Waals surface area contributed by atoms with E-state index in [0.717, 1.165) is 14.2 Å². The summed E-state index contributed by atoms with van der Waals surface area (Å²) in [6, 6.07) is 5.45. The van der Waals surface area contributed by atoms with Crippen molar-refractivity contribution < 1.29 is 9.90 Å². The molecule has 6 heteroatoms. The van der Waals surface area contributed by atoms with Crippen molar-refractivity contribution in [2.75, 3.05) is 5.75 Å². The molecule has 1 N–H and O–H groups in total. The second-order valence-electron chi connectivity index (χ2n) is 3.49. The van der Waals surface area contributed by atoms with E-state index >= 15 is 0 Å². The minimum Gasteiger partial charge on any atom is -0.478 e. The Labute approximate surface area is 123 Å². The fourth-order valence-electron chi connectivity index (χ4n) is 1.63. The highest BCUT2D eigenvalue weighted by molar-refractivity contribution is 14.1. The van der Waals surface area contributed by atoms with Crippen LogP contribution in [0.1, 0.15) is 17.3 Å². The Kier molecular flexibility index (Phi) is 4.28. The largest absolute Gasteiger partial charge is 0.478 e. The molecule has 0 radical (unpaired) electrons. The number of hydrogen-bond acceptors (Lipinski definition) is 3. The highest BCUT2D eigenvalue weighted by Crippen LogP contribution is 2.27. The van der Waals surface area contributed by atoms with Crippen molar-refractivity contribution in [2.24, 2.45) is 0 Å². The van der Waals surface area contributed by atoms with E-state index in [2.05, 4.69) is 27.7 Å². The summed E-state index contributed by atoms with van der Waals surface area (Å²) < 4.78 is 2.57. The summed E-state index contributed by atoms with van der Waals surface area (Å²) in [7, 11) is 0. The molecule has 0 amide bonds. The summed E-state index contributed by atoms with van der Waals surface area (Å²) in [6.07, 6.45) is 3.51. The van der Waals surface area contributed by atoms with Gasteiger partial charge >= 0.3 is 5.97 Å². The number of carbonyl (C=O) groups is 1. The van der Waals surface area contributed by atoms with Crippen LogP contribution >= 0.6 is 34.4 Å². The molecule has 0 atom stereocenters. The zero-order valence-corrected chi connectivity index (χ0v) is 12.6. The van der Waals surface area contributed by atoms with Crippen molar-refractivity contribution in [1.29, 1.82) is 0 Å². The summed E-state index contributed by atoms with van der Waals surface area (Å²) in [5.74, 6) is -0.0903. The van der Waals surface area contributed by atoms with E-state index in [1.807, 2.05) is 25.3 Å². The van der Waals surface area contributed by atoms with Gasteiger partial charge in [0.05, 0.1) is 21.0 Å². The van der Waals surface area contributed by atoms with E-state index in [4.69, 9.17) is 0 Å². The van der Waals surface area contributed by atoms with Crippen LogP contribution in [0.3, 0.4) is 0 Å². The maximum Gasteiger partial charge on any atom is 0.339 e. The smallest absolute Gasteiger partial charge is 0.339 e. The highest BCUT2D eigenvalue weighted by Gasteiger charge is 2.17. The van der Waals surface area contributed by atoms with E-state index in [9.17, 15) is 9.90 Å². The van der Waals surface area contributed by atoms with Gasteiger partial charge in [0, 0.05) is 11.1 Å². The van der Waals surface area contributed by atoms with Crippen molar-refractivity contribution in [2.45, 2.75) is 11.8 Å². The highest BCUT2D eigenvalue weighted by atomic mass is 127. The Bertz CT molecular complexity index is 583. The molecule has 4 nitrogen and oxygen atoms in total. The zero-order valence-electron chi connectivity index (χ0n) is 9.63. The molecule has 0 unspecified atom stereocenters. The fourth-order valence-corrected chi connectivity index (χ4v) is 2.84. The second kappa shape index (κ2) is 5.75. The van der Waals surface area contributed by atoms with E-state index in [0.29, 0.717) is 11.3 Å². The average Bonchev–Trinajstić information content (AvgIpc) is 2.75. The van der Waals surface area contributed by atoms with Gasteiger partial charge in [0.2, 0.25) is 0 Å². The molecule has 0 fully saturated rings. The van der Waals surface area contributed by atoms with Crippen molar-refractivity contribution in [3.8, 4) is 5.69 Å². The number of aromatic carboxylic acids is 1. The molecule has 0 spiro atoms. The lowest BCUT2D eigenvalue weighted by Gasteiger charge is -2.10. The van der Waals surface area contributed by atoms with Crippen LogP contribution in [0, 0.1) is 3.57 Å². The number of aromatic nitrogens is 2. The first-order chi connectivity index (χ1) is 8.63. The minimum atomic E-state index is -0.924. The van der Waals surface area contributed by atoms with Gasteiger partial charge in [-0.2, -0.15) is 5.10 Å². The molecule has 0 aliphatic rings. The molecular formula is C12H11IN2O2S. The standard InChI is InChI=1S/C12H11IN2O2S/c1-2-18-10-5-3-4-9(11(10)12(16)17)15-7-8(13)6-14-15/h3-7H,2H2,1H3,(H,16,17). The Morgan fingerprint density at radius 2 is 2.33 bits per heavy atom. The molecule has 1 aromatic carbocycles. The van der Waals surface area contributed by atoms with Gasteiger partial charge < -0.3 is 5.11 Å². The van der Waals surface area contributed by atoms with Crippen LogP contribution < -0.4 is 0 Å². The molecule has 2 rings (SSSR count). The minimum absolute atomic E-state index is 0.309. The maximum absolute atomic E-state index is 11.4. The summed E-state index contributed by atoms with van der Waals surface area (Å²) in [5, 5.41) is 13.6. The normalized spacial score (nSPS) is 10.6. The Morgan fingerprint density at radius 1 is 1.56 bits per heavy atom. The van der Waals surface area contributed by atoms with Crippen LogP contribution in [-0.4, -0.2) is 26.6 Å². The third kappa shape index (κ3) is 2.69. The lowest BCUT2D eigenvalue weighted by Crippen LogP contribution is -2.07. The van der Waals surface area contributed by atoms with Crippen molar-refractivity contribution in [1.82, 2.24) is 9.78 Å². The van der Waals surface area contributed by atoms with Crippen molar-refractivity contribution in [3.63, 3.8) is 0 Å². The predicted octanol–water partition coefficient (Wildman–Crippen LogP) is 3.29. The summed E-state index contributed by atoms with van der Waals surface area (Å²) in [6.45, 7) is 2.00. The Morgan fingerprint density at radius 3 is 2.89 bits per heavy atom. The van der Waals surface area contributed by atoms with E-state index in [-0.39, 0.29) is 0 Å². The first-order valence-electron chi connectivity index (χ1n) is 5.33. The van der Waals surface area contributed by atoms with Crippen LogP contribution in [-0.2, 0) is 0 Å². The number of nitrogens with zero attached hydrogens (tertiary/aromatic N) is 2. The van der Waals surface area contributed by atoms with Gasteiger partial charge in [-0.25, -0.2) is 9.48 Å².